The summed E-state index contributed by atoms with van der Waals surface area (Å²) in [5.41, 5.74) is 1.11. The van der Waals surface area contributed by atoms with Crippen molar-refractivity contribution in [1.82, 2.24) is 5.06 Å². The maximum absolute atomic E-state index is 8.92. The summed E-state index contributed by atoms with van der Waals surface area (Å²) in [4.78, 5) is 5.48. The van der Waals surface area contributed by atoms with Crippen molar-refractivity contribution >= 4 is 6.08 Å². The Labute approximate surface area is 113 Å². The second-order valence-corrected chi connectivity index (χ2v) is 4.34. The topological polar surface area (TPSA) is 60.1 Å². The van der Waals surface area contributed by atoms with Crippen LogP contribution in [0.3, 0.4) is 0 Å². The van der Waals surface area contributed by atoms with Crippen molar-refractivity contribution in [3.8, 4) is 12.1 Å². The van der Waals surface area contributed by atoms with Crippen LogP contribution in [0.5, 0.6) is 0 Å². The number of hydroxylamine groups is 2. The number of hydrogen-bond donors (Lipinski definition) is 0. The average Bonchev–Trinajstić information content (AvgIpc) is 2.86. The van der Waals surface area contributed by atoms with Gasteiger partial charge >= 0.3 is 0 Å². The van der Waals surface area contributed by atoms with Gasteiger partial charge in [0.15, 0.2) is 6.10 Å². The van der Waals surface area contributed by atoms with Crippen LogP contribution in [0.4, 0.5) is 0 Å². The quantitative estimate of drug-likeness (QED) is 0.827. The first kappa shape index (κ1) is 13.3. The smallest absolute Gasteiger partial charge is 0.167 e. The summed E-state index contributed by atoms with van der Waals surface area (Å²) in [6.07, 6.45) is 4.68. The second-order valence-electron chi connectivity index (χ2n) is 4.34. The molecule has 0 aliphatic carbocycles. The Hall–Kier alpha value is -2.14. The second kappa shape index (κ2) is 6.70. The Kier molecular flexibility index (Phi) is 4.69. The van der Waals surface area contributed by atoms with Crippen LogP contribution in [-0.4, -0.2) is 23.8 Å². The molecule has 19 heavy (non-hydrogen) atoms. The summed E-state index contributed by atoms with van der Waals surface area (Å²) >= 11 is 0. The molecule has 4 heteroatoms. The lowest BCUT2D eigenvalue weighted by Gasteiger charge is -2.18. The Balaban J connectivity index is 2.02. The van der Waals surface area contributed by atoms with Crippen molar-refractivity contribution in [1.29, 1.82) is 10.5 Å². The highest BCUT2D eigenvalue weighted by Gasteiger charge is 2.31. The molecule has 2 unspecified atom stereocenters. The van der Waals surface area contributed by atoms with Crippen LogP contribution < -0.4 is 0 Å². The average molecular weight is 253 g/mol. The van der Waals surface area contributed by atoms with Gasteiger partial charge in [-0.2, -0.15) is 15.6 Å². The van der Waals surface area contributed by atoms with Gasteiger partial charge in [0, 0.05) is 13.0 Å². The Morgan fingerprint density at radius 1 is 1.32 bits per heavy atom. The molecular formula is C15H15N3O. The maximum atomic E-state index is 8.92. The zero-order valence-electron chi connectivity index (χ0n) is 10.6. The van der Waals surface area contributed by atoms with E-state index in [0.717, 1.165) is 5.56 Å². The standard InChI is InChI=1S/C15H15N3O/c16-9-4-10-18-14(11-15(12-17)19-18)8-7-13-5-2-1-3-6-13/h1-3,5-8,14-15H,4,10-11H2/b8-7+. The van der Waals surface area contributed by atoms with Gasteiger partial charge in [-0.1, -0.05) is 42.5 Å². The Bertz CT molecular complexity index is 512. The van der Waals surface area contributed by atoms with Gasteiger partial charge in [-0.25, -0.2) is 0 Å². The molecule has 0 radical (unpaired) electrons. The molecule has 2 rings (SSSR count). The summed E-state index contributed by atoms with van der Waals surface area (Å²) in [5.74, 6) is 0. The van der Waals surface area contributed by atoms with Crippen molar-refractivity contribution in [2.24, 2.45) is 0 Å². The van der Waals surface area contributed by atoms with E-state index >= 15 is 0 Å². The van der Waals surface area contributed by atoms with Gasteiger partial charge in [0.25, 0.3) is 0 Å². The van der Waals surface area contributed by atoms with E-state index in [-0.39, 0.29) is 6.04 Å². The van der Waals surface area contributed by atoms with Crippen LogP contribution in [0.1, 0.15) is 18.4 Å². The summed E-state index contributed by atoms with van der Waals surface area (Å²) < 4.78 is 0. The van der Waals surface area contributed by atoms with Gasteiger partial charge < -0.3 is 0 Å². The molecule has 4 nitrogen and oxygen atoms in total. The van der Waals surface area contributed by atoms with E-state index in [1.54, 1.807) is 5.06 Å². The lowest BCUT2D eigenvalue weighted by Crippen LogP contribution is -2.27. The highest BCUT2D eigenvalue weighted by Crippen LogP contribution is 2.22. The van der Waals surface area contributed by atoms with E-state index < -0.39 is 6.10 Å². The third kappa shape index (κ3) is 3.66. The van der Waals surface area contributed by atoms with E-state index in [2.05, 4.69) is 12.1 Å². The predicted octanol–water partition coefficient (Wildman–Crippen LogP) is 2.51. The third-order valence-electron chi connectivity index (χ3n) is 2.99. The van der Waals surface area contributed by atoms with Crippen molar-refractivity contribution in [2.75, 3.05) is 6.54 Å². The van der Waals surface area contributed by atoms with E-state index in [1.165, 1.54) is 0 Å². The van der Waals surface area contributed by atoms with Gasteiger partial charge in [-0.15, -0.1) is 0 Å². The van der Waals surface area contributed by atoms with E-state index in [1.807, 2.05) is 42.5 Å². The van der Waals surface area contributed by atoms with Crippen molar-refractivity contribution in [3.63, 3.8) is 0 Å². The highest BCUT2D eigenvalue weighted by atomic mass is 16.7. The van der Waals surface area contributed by atoms with Crippen molar-refractivity contribution in [2.45, 2.75) is 25.0 Å². The summed E-state index contributed by atoms with van der Waals surface area (Å²) in [5, 5.41) is 19.3. The Morgan fingerprint density at radius 3 is 2.79 bits per heavy atom. The largest absolute Gasteiger partial charge is 0.280 e. The van der Waals surface area contributed by atoms with Crippen LogP contribution >= 0.6 is 0 Å². The van der Waals surface area contributed by atoms with E-state index in [9.17, 15) is 0 Å². The van der Waals surface area contributed by atoms with Gasteiger partial charge in [0.1, 0.15) is 0 Å². The molecule has 0 amide bonds. The fourth-order valence-electron chi connectivity index (χ4n) is 2.04. The molecule has 0 saturated carbocycles. The minimum absolute atomic E-state index is 0.0539. The summed E-state index contributed by atoms with van der Waals surface area (Å²) in [6, 6.07) is 14.2. The molecule has 2 atom stereocenters. The molecule has 0 bridgehead atoms. The van der Waals surface area contributed by atoms with Crippen LogP contribution in [0.15, 0.2) is 36.4 Å². The number of nitrogens with zero attached hydrogens (tertiary/aromatic N) is 3. The number of hydrogen-bond acceptors (Lipinski definition) is 4. The molecule has 1 aromatic rings. The molecular weight excluding hydrogens is 238 g/mol. The lowest BCUT2D eigenvalue weighted by atomic mass is 10.1. The molecule has 1 aromatic carbocycles. The maximum Gasteiger partial charge on any atom is 0.167 e. The van der Waals surface area contributed by atoms with Crippen LogP contribution in [-0.2, 0) is 4.84 Å². The summed E-state index contributed by atoms with van der Waals surface area (Å²) in [7, 11) is 0. The van der Waals surface area contributed by atoms with Crippen molar-refractivity contribution in [3.05, 3.63) is 42.0 Å². The highest BCUT2D eigenvalue weighted by molar-refractivity contribution is 5.49. The van der Waals surface area contributed by atoms with Gasteiger partial charge in [-0.3, -0.25) is 4.84 Å². The molecule has 1 heterocycles. The molecule has 0 spiro atoms. The molecule has 0 aromatic heterocycles. The van der Waals surface area contributed by atoms with E-state index in [4.69, 9.17) is 15.4 Å². The van der Waals surface area contributed by atoms with Gasteiger partial charge in [0.05, 0.1) is 24.6 Å². The number of rotatable bonds is 4. The third-order valence-corrected chi connectivity index (χ3v) is 2.99. The first-order valence-electron chi connectivity index (χ1n) is 6.26. The normalized spacial score (nSPS) is 23.3. The lowest BCUT2D eigenvalue weighted by molar-refractivity contribution is -0.140. The van der Waals surface area contributed by atoms with Gasteiger partial charge in [-0.05, 0) is 5.56 Å². The zero-order valence-corrected chi connectivity index (χ0v) is 10.6. The zero-order chi connectivity index (χ0) is 13.5. The van der Waals surface area contributed by atoms with E-state index in [0.29, 0.717) is 19.4 Å². The monoisotopic (exact) mass is 253 g/mol. The first-order chi connectivity index (χ1) is 9.33. The SMILES string of the molecule is N#CCCN1OC(C#N)CC1/C=C/c1ccccc1. The minimum atomic E-state index is -0.413. The van der Waals surface area contributed by atoms with Gasteiger partial charge in [0.2, 0.25) is 0 Å². The molecule has 1 saturated heterocycles. The Morgan fingerprint density at radius 2 is 2.11 bits per heavy atom. The predicted molar refractivity (Wildman–Crippen MR) is 71.3 cm³/mol. The van der Waals surface area contributed by atoms with Crippen molar-refractivity contribution < 1.29 is 4.84 Å². The molecule has 96 valence electrons. The molecule has 1 fully saturated rings. The summed E-state index contributed by atoms with van der Waals surface area (Å²) in [6.45, 7) is 0.526. The van der Waals surface area contributed by atoms with Crippen LogP contribution in [0.2, 0.25) is 0 Å². The fraction of sp³-hybridized carbons (Fsp3) is 0.333. The fourth-order valence-corrected chi connectivity index (χ4v) is 2.04. The first-order valence-corrected chi connectivity index (χ1v) is 6.26. The molecule has 1 aliphatic rings. The molecule has 0 N–H and O–H groups in total. The van der Waals surface area contributed by atoms with Crippen LogP contribution in [0, 0.1) is 22.7 Å². The number of nitriles is 2. The minimum Gasteiger partial charge on any atom is -0.280 e. The van der Waals surface area contributed by atoms with Crippen LogP contribution in [0.25, 0.3) is 6.08 Å². The molecule has 1 aliphatic heterocycles. The number of benzene rings is 1.